The number of nitrogens with zero attached hydrogens (tertiary/aromatic N) is 1. The lowest BCUT2D eigenvalue weighted by molar-refractivity contribution is 0.0698. The third kappa shape index (κ3) is 2.19. The summed E-state index contributed by atoms with van der Waals surface area (Å²) < 4.78 is 1.90. The molecule has 0 aliphatic rings. The van der Waals surface area contributed by atoms with Crippen molar-refractivity contribution in [3.8, 4) is 0 Å². The van der Waals surface area contributed by atoms with Gasteiger partial charge < -0.3 is 9.67 Å². The molecule has 0 atom stereocenters. The number of benzene rings is 1. The third-order valence-electron chi connectivity index (χ3n) is 2.62. The molecule has 1 aromatic carbocycles. The molecular formula is C13H12ClNO2. The van der Waals surface area contributed by atoms with E-state index in [1.54, 1.807) is 12.1 Å². The van der Waals surface area contributed by atoms with E-state index in [0.717, 1.165) is 16.5 Å². The van der Waals surface area contributed by atoms with Crippen LogP contribution in [0.4, 0.5) is 0 Å². The maximum atomic E-state index is 11.2. The summed E-state index contributed by atoms with van der Waals surface area (Å²) in [6.45, 7) is 2.50. The van der Waals surface area contributed by atoms with Crippen molar-refractivity contribution in [2.45, 2.75) is 13.5 Å². The standard InChI is InChI=1S/C13H12ClNO2/c1-9(7-14)8-15-6-5-10-3-2-4-11(12(10)15)13(16)17/h2-7H,8H2,1H3,(H,16,17)/b9-7-. The Bertz CT molecular complexity index is 598. The van der Waals surface area contributed by atoms with Crippen molar-refractivity contribution in [3.05, 3.63) is 47.1 Å². The van der Waals surface area contributed by atoms with Crippen LogP contribution in [0, 0.1) is 0 Å². The normalized spacial score (nSPS) is 12.0. The van der Waals surface area contributed by atoms with Crippen molar-refractivity contribution in [3.63, 3.8) is 0 Å². The Labute approximate surface area is 104 Å². The Morgan fingerprint density at radius 3 is 2.88 bits per heavy atom. The van der Waals surface area contributed by atoms with Crippen LogP contribution >= 0.6 is 11.6 Å². The molecule has 1 heterocycles. The van der Waals surface area contributed by atoms with Gasteiger partial charge in [-0.05, 0) is 24.6 Å². The summed E-state index contributed by atoms with van der Waals surface area (Å²) in [4.78, 5) is 11.2. The Morgan fingerprint density at radius 2 is 2.24 bits per heavy atom. The molecule has 0 saturated heterocycles. The predicted octanol–water partition coefficient (Wildman–Crippen LogP) is 3.48. The number of rotatable bonds is 3. The second kappa shape index (κ2) is 4.63. The molecule has 0 unspecified atom stereocenters. The lowest BCUT2D eigenvalue weighted by Crippen LogP contribution is -2.03. The minimum atomic E-state index is -0.914. The van der Waals surface area contributed by atoms with Crippen molar-refractivity contribution >= 4 is 28.5 Å². The molecule has 1 aromatic heterocycles. The maximum Gasteiger partial charge on any atom is 0.337 e. The van der Waals surface area contributed by atoms with Crippen LogP contribution in [0.2, 0.25) is 0 Å². The van der Waals surface area contributed by atoms with Crippen LogP contribution < -0.4 is 0 Å². The molecule has 0 aliphatic carbocycles. The van der Waals surface area contributed by atoms with Crippen molar-refractivity contribution in [2.75, 3.05) is 0 Å². The largest absolute Gasteiger partial charge is 0.478 e. The van der Waals surface area contributed by atoms with Crippen molar-refractivity contribution in [1.82, 2.24) is 4.57 Å². The molecule has 88 valence electrons. The molecule has 0 amide bonds. The summed E-state index contributed by atoms with van der Waals surface area (Å²) in [5.41, 5.74) is 3.53. The number of allylic oxidation sites excluding steroid dienone is 1. The molecule has 0 bridgehead atoms. The number of carboxylic acids is 1. The van der Waals surface area contributed by atoms with E-state index in [0.29, 0.717) is 12.1 Å². The zero-order chi connectivity index (χ0) is 12.4. The first-order chi connectivity index (χ1) is 8.13. The Balaban J connectivity index is 2.61. The molecule has 0 aliphatic heterocycles. The minimum absolute atomic E-state index is 0.315. The molecule has 17 heavy (non-hydrogen) atoms. The van der Waals surface area contributed by atoms with Crippen LogP contribution in [-0.4, -0.2) is 15.6 Å². The van der Waals surface area contributed by atoms with Crippen LogP contribution in [0.5, 0.6) is 0 Å². The van der Waals surface area contributed by atoms with Gasteiger partial charge in [-0.3, -0.25) is 0 Å². The fraction of sp³-hybridized carbons (Fsp3) is 0.154. The van der Waals surface area contributed by atoms with Gasteiger partial charge in [-0.25, -0.2) is 4.79 Å². The van der Waals surface area contributed by atoms with Crippen LogP contribution in [-0.2, 0) is 6.54 Å². The Kier molecular flexibility index (Phi) is 3.20. The summed E-state index contributed by atoms with van der Waals surface area (Å²) >= 11 is 5.63. The summed E-state index contributed by atoms with van der Waals surface area (Å²) in [6.07, 6.45) is 1.88. The van der Waals surface area contributed by atoms with Gasteiger partial charge in [0.1, 0.15) is 0 Å². The summed E-state index contributed by atoms with van der Waals surface area (Å²) in [7, 11) is 0. The van der Waals surface area contributed by atoms with Crippen molar-refractivity contribution < 1.29 is 9.90 Å². The van der Waals surface area contributed by atoms with Gasteiger partial charge in [-0.1, -0.05) is 23.7 Å². The maximum absolute atomic E-state index is 11.2. The Hall–Kier alpha value is -1.74. The number of carboxylic acid groups (broad SMARTS) is 1. The molecule has 0 saturated carbocycles. The monoisotopic (exact) mass is 249 g/mol. The van der Waals surface area contributed by atoms with Crippen LogP contribution in [0.3, 0.4) is 0 Å². The van der Waals surface area contributed by atoms with Gasteiger partial charge in [0.05, 0.1) is 11.1 Å². The fourth-order valence-electron chi connectivity index (χ4n) is 1.87. The van der Waals surface area contributed by atoms with E-state index in [1.807, 2.05) is 29.8 Å². The van der Waals surface area contributed by atoms with Gasteiger partial charge in [-0.2, -0.15) is 0 Å². The van der Waals surface area contributed by atoms with Crippen LogP contribution in [0.15, 0.2) is 41.6 Å². The molecule has 2 aromatic rings. The number of carbonyl (C=O) groups is 1. The molecule has 0 radical (unpaired) electrons. The SMILES string of the molecule is C/C(=C/Cl)Cn1ccc2cccc(C(=O)O)c21. The number of aromatic nitrogens is 1. The highest BCUT2D eigenvalue weighted by Crippen LogP contribution is 2.21. The zero-order valence-corrected chi connectivity index (χ0v) is 10.1. The average molecular weight is 250 g/mol. The van der Waals surface area contributed by atoms with E-state index in [2.05, 4.69) is 0 Å². The molecule has 2 rings (SSSR count). The van der Waals surface area contributed by atoms with E-state index >= 15 is 0 Å². The number of halogens is 1. The van der Waals surface area contributed by atoms with Gasteiger partial charge >= 0.3 is 5.97 Å². The minimum Gasteiger partial charge on any atom is -0.478 e. The highest BCUT2D eigenvalue weighted by molar-refractivity contribution is 6.25. The second-order valence-corrected chi connectivity index (χ2v) is 4.17. The first kappa shape index (κ1) is 11.7. The van der Waals surface area contributed by atoms with Crippen molar-refractivity contribution in [1.29, 1.82) is 0 Å². The molecule has 0 spiro atoms. The molecule has 1 N–H and O–H groups in total. The second-order valence-electron chi connectivity index (χ2n) is 3.95. The van der Waals surface area contributed by atoms with E-state index in [1.165, 1.54) is 5.54 Å². The topological polar surface area (TPSA) is 42.2 Å². The van der Waals surface area contributed by atoms with E-state index in [-0.39, 0.29) is 0 Å². The van der Waals surface area contributed by atoms with Crippen LogP contribution in [0.1, 0.15) is 17.3 Å². The van der Waals surface area contributed by atoms with Gasteiger partial charge in [0.2, 0.25) is 0 Å². The predicted molar refractivity (Wildman–Crippen MR) is 68.5 cm³/mol. The Morgan fingerprint density at radius 1 is 1.47 bits per heavy atom. The van der Waals surface area contributed by atoms with Gasteiger partial charge in [-0.15, -0.1) is 0 Å². The lowest BCUT2D eigenvalue weighted by Gasteiger charge is -2.07. The van der Waals surface area contributed by atoms with Gasteiger partial charge in [0, 0.05) is 23.7 Å². The summed E-state index contributed by atoms with van der Waals surface area (Å²) in [6, 6.07) is 7.17. The number of fused-ring (bicyclic) bond motifs is 1. The molecule has 0 fully saturated rings. The molecule has 4 heteroatoms. The van der Waals surface area contributed by atoms with Crippen LogP contribution in [0.25, 0.3) is 10.9 Å². The molecule has 3 nitrogen and oxygen atoms in total. The fourth-order valence-corrected chi connectivity index (χ4v) is 1.94. The highest BCUT2D eigenvalue weighted by Gasteiger charge is 2.11. The average Bonchev–Trinajstić information content (AvgIpc) is 2.72. The van der Waals surface area contributed by atoms with Gasteiger partial charge in [0.15, 0.2) is 0 Å². The van der Waals surface area contributed by atoms with E-state index in [4.69, 9.17) is 16.7 Å². The third-order valence-corrected chi connectivity index (χ3v) is 3.00. The number of hydrogen-bond acceptors (Lipinski definition) is 1. The van der Waals surface area contributed by atoms with Crippen molar-refractivity contribution in [2.24, 2.45) is 0 Å². The summed E-state index contributed by atoms with van der Waals surface area (Å²) in [5, 5.41) is 10.1. The first-order valence-corrected chi connectivity index (χ1v) is 5.64. The quantitative estimate of drug-likeness (QED) is 0.905. The van der Waals surface area contributed by atoms with E-state index < -0.39 is 5.97 Å². The summed E-state index contributed by atoms with van der Waals surface area (Å²) in [5.74, 6) is -0.914. The zero-order valence-electron chi connectivity index (χ0n) is 9.35. The number of para-hydroxylation sites is 1. The smallest absolute Gasteiger partial charge is 0.337 e. The first-order valence-electron chi connectivity index (χ1n) is 5.20. The highest BCUT2D eigenvalue weighted by atomic mass is 35.5. The number of hydrogen-bond donors (Lipinski definition) is 1. The lowest BCUT2D eigenvalue weighted by atomic mass is 10.1. The molecular weight excluding hydrogens is 238 g/mol. The number of aromatic carboxylic acids is 1. The van der Waals surface area contributed by atoms with Gasteiger partial charge in [0.25, 0.3) is 0 Å². The van der Waals surface area contributed by atoms with E-state index in [9.17, 15) is 4.79 Å².